The molecule has 0 radical (unpaired) electrons. The van der Waals surface area contributed by atoms with Gasteiger partial charge in [-0.15, -0.1) is 0 Å². The van der Waals surface area contributed by atoms with Crippen molar-refractivity contribution in [1.29, 1.82) is 0 Å². The van der Waals surface area contributed by atoms with Crippen molar-refractivity contribution < 1.29 is 39.6 Å². The van der Waals surface area contributed by atoms with Gasteiger partial charge in [-0.1, -0.05) is 18.2 Å². The van der Waals surface area contributed by atoms with Gasteiger partial charge in [0, 0.05) is 11.3 Å². The highest BCUT2D eigenvalue weighted by Crippen LogP contribution is 2.43. The lowest BCUT2D eigenvalue weighted by atomic mass is 10.1. The van der Waals surface area contributed by atoms with Crippen LogP contribution in [0.25, 0.3) is 0 Å². The number of carbonyl (C=O) groups is 1. The Kier molecular flexibility index (Phi) is 5.86. The van der Waals surface area contributed by atoms with Gasteiger partial charge in [0.2, 0.25) is 10.0 Å². The van der Waals surface area contributed by atoms with Crippen LogP contribution in [0.2, 0.25) is 0 Å². The molecule has 0 aliphatic rings. The lowest BCUT2D eigenvalue weighted by Gasteiger charge is -2.39. The Morgan fingerprint density at radius 3 is 1.72 bits per heavy atom. The zero-order valence-electron chi connectivity index (χ0n) is 14.2. The molecule has 0 aliphatic heterocycles. The summed E-state index contributed by atoms with van der Waals surface area (Å²) in [6.07, 6.45) is -12.0. The number of rotatable bonds is 5. The highest BCUT2D eigenvalue weighted by atomic mass is 32.2. The molecule has 6 nitrogen and oxygen atoms in total. The van der Waals surface area contributed by atoms with Crippen molar-refractivity contribution in [2.24, 2.45) is 5.14 Å². The number of amides is 1. The number of sulfonamides is 1. The third-order valence-electron chi connectivity index (χ3n) is 3.70. The summed E-state index contributed by atoms with van der Waals surface area (Å²) in [6, 6.07) is 8.75. The molecule has 0 saturated heterocycles. The fourth-order valence-corrected chi connectivity index (χ4v) is 2.77. The van der Waals surface area contributed by atoms with E-state index in [9.17, 15) is 39.6 Å². The molecule has 158 valence electrons. The predicted octanol–water partition coefficient (Wildman–Crippen LogP) is 3.00. The first-order valence-electron chi connectivity index (χ1n) is 7.59. The Morgan fingerprint density at radius 1 is 0.828 bits per heavy atom. The lowest BCUT2D eigenvalue weighted by Crippen LogP contribution is -2.72. The highest BCUT2D eigenvalue weighted by Gasteiger charge is 2.72. The average molecular weight is 441 g/mol. The van der Waals surface area contributed by atoms with Crippen LogP contribution in [0.1, 0.15) is 10.4 Å². The van der Waals surface area contributed by atoms with Gasteiger partial charge in [-0.05, 0) is 36.4 Å². The molecule has 2 aromatic rings. The molecule has 1 amide bonds. The maximum Gasteiger partial charge on any atom is 0.439 e. The van der Waals surface area contributed by atoms with Gasteiger partial charge < -0.3 is 10.6 Å². The summed E-state index contributed by atoms with van der Waals surface area (Å²) in [7, 11) is -4.22. The molecule has 0 spiro atoms. The zero-order valence-corrected chi connectivity index (χ0v) is 15.0. The second-order valence-electron chi connectivity index (χ2n) is 5.76. The molecule has 0 atom stereocenters. The molecular formula is C16H13F6N3O3S. The van der Waals surface area contributed by atoms with Crippen molar-refractivity contribution in [2.45, 2.75) is 22.9 Å². The first-order valence-corrected chi connectivity index (χ1v) is 9.14. The number of nitrogens with one attached hydrogen (secondary N) is 2. The number of benzene rings is 2. The molecule has 0 aromatic heterocycles. The smallest absolute Gasteiger partial charge is 0.348 e. The summed E-state index contributed by atoms with van der Waals surface area (Å²) >= 11 is 0. The van der Waals surface area contributed by atoms with Crippen molar-refractivity contribution in [3.8, 4) is 0 Å². The van der Waals surface area contributed by atoms with Crippen LogP contribution in [0.4, 0.5) is 32.0 Å². The number of hydrogen-bond donors (Lipinski definition) is 3. The quantitative estimate of drug-likeness (QED) is 0.491. The largest absolute Gasteiger partial charge is 0.439 e. The number of nitrogens with two attached hydrogens (primary N) is 1. The summed E-state index contributed by atoms with van der Waals surface area (Å²) in [5.41, 5.74) is -6.05. The molecule has 0 fully saturated rings. The molecule has 0 heterocycles. The van der Waals surface area contributed by atoms with E-state index in [0.717, 1.165) is 17.4 Å². The van der Waals surface area contributed by atoms with E-state index in [1.54, 1.807) is 0 Å². The summed E-state index contributed by atoms with van der Waals surface area (Å²) < 4.78 is 104. The highest BCUT2D eigenvalue weighted by molar-refractivity contribution is 7.89. The molecule has 2 rings (SSSR count). The van der Waals surface area contributed by atoms with E-state index in [4.69, 9.17) is 5.14 Å². The number of anilines is 1. The fraction of sp³-hybridized carbons (Fsp3) is 0.188. The Morgan fingerprint density at radius 2 is 1.31 bits per heavy atom. The summed E-state index contributed by atoms with van der Waals surface area (Å²) in [5, 5.41) is 7.05. The van der Waals surface area contributed by atoms with Crippen molar-refractivity contribution in [3.05, 3.63) is 60.2 Å². The van der Waals surface area contributed by atoms with Gasteiger partial charge in [0.15, 0.2) is 0 Å². The minimum absolute atomic E-state index is 0.434. The molecule has 4 N–H and O–H groups in total. The van der Waals surface area contributed by atoms with E-state index in [1.807, 2.05) is 0 Å². The maximum absolute atomic E-state index is 13.6. The first kappa shape index (κ1) is 22.5. The summed E-state index contributed by atoms with van der Waals surface area (Å²) in [5.74, 6) is -1.63. The molecular weight excluding hydrogens is 428 g/mol. The Labute approximate surface area is 160 Å². The van der Waals surface area contributed by atoms with E-state index in [0.29, 0.717) is 24.3 Å². The van der Waals surface area contributed by atoms with Crippen LogP contribution in [0.3, 0.4) is 0 Å². The van der Waals surface area contributed by atoms with Crippen LogP contribution in [0.5, 0.6) is 0 Å². The Hall–Kier alpha value is -2.80. The van der Waals surface area contributed by atoms with Gasteiger partial charge in [-0.25, -0.2) is 13.6 Å². The third-order valence-corrected chi connectivity index (χ3v) is 4.63. The molecule has 29 heavy (non-hydrogen) atoms. The predicted molar refractivity (Wildman–Crippen MR) is 90.2 cm³/mol. The monoisotopic (exact) mass is 441 g/mol. The van der Waals surface area contributed by atoms with Gasteiger partial charge in [0.05, 0.1) is 4.90 Å². The van der Waals surface area contributed by atoms with Gasteiger partial charge in [0.1, 0.15) is 0 Å². The lowest BCUT2D eigenvalue weighted by molar-refractivity contribution is -0.294. The number of alkyl halides is 6. The van der Waals surface area contributed by atoms with E-state index >= 15 is 0 Å². The fourth-order valence-electron chi connectivity index (χ4n) is 2.25. The van der Waals surface area contributed by atoms with Gasteiger partial charge >= 0.3 is 18.0 Å². The van der Waals surface area contributed by atoms with E-state index in [2.05, 4.69) is 0 Å². The van der Waals surface area contributed by atoms with Crippen LogP contribution in [0.15, 0.2) is 59.5 Å². The molecule has 2 aromatic carbocycles. The topological polar surface area (TPSA) is 101 Å². The summed E-state index contributed by atoms with van der Waals surface area (Å²) in [4.78, 5) is 11.6. The van der Waals surface area contributed by atoms with Crippen LogP contribution < -0.4 is 15.8 Å². The second kappa shape index (κ2) is 7.55. The molecule has 0 aliphatic carbocycles. The summed E-state index contributed by atoms with van der Waals surface area (Å²) in [6.45, 7) is 0. The maximum atomic E-state index is 13.6. The Bertz CT molecular complexity index is 960. The Balaban J connectivity index is 2.51. The van der Waals surface area contributed by atoms with Crippen LogP contribution in [0, 0.1) is 0 Å². The van der Waals surface area contributed by atoms with Crippen LogP contribution in [-0.2, 0) is 10.0 Å². The number of primary sulfonamides is 1. The minimum atomic E-state index is -6.02. The van der Waals surface area contributed by atoms with Crippen molar-refractivity contribution in [3.63, 3.8) is 0 Å². The van der Waals surface area contributed by atoms with Crippen molar-refractivity contribution >= 4 is 21.6 Å². The second-order valence-corrected chi connectivity index (χ2v) is 7.32. The SMILES string of the molecule is NS(=O)(=O)c1ccc(NC(NC(=O)c2ccccc2)(C(F)(F)F)C(F)(F)F)cc1. The first-order chi connectivity index (χ1) is 13.2. The van der Waals surface area contributed by atoms with Crippen LogP contribution >= 0.6 is 0 Å². The van der Waals surface area contributed by atoms with Gasteiger partial charge in [-0.2, -0.15) is 26.3 Å². The molecule has 0 saturated carbocycles. The molecule has 13 heteroatoms. The number of halogens is 6. The molecule has 0 unspecified atom stereocenters. The van der Waals surface area contributed by atoms with Crippen molar-refractivity contribution in [2.75, 3.05) is 5.32 Å². The van der Waals surface area contributed by atoms with Crippen LogP contribution in [-0.4, -0.2) is 32.3 Å². The average Bonchev–Trinajstić information content (AvgIpc) is 2.59. The third kappa shape index (κ3) is 4.79. The number of hydrogen-bond acceptors (Lipinski definition) is 4. The van der Waals surface area contributed by atoms with Gasteiger partial charge in [0.25, 0.3) is 5.91 Å². The standard InChI is InChI=1S/C16H13F6N3O3S/c17-15(18,19)14(16(20,21)22,25-13(26)10-4-2-1-3-5-10)24-11-6-8-12(9-7-11)29(23,27)28/h1-9,24H,(H,25,26)(H2,23,27,28). The normalized spacial score (nSPS) is 13.1. The van der Waals surface area contributed by atoms with E-state index in [1.165, 1.54) is 23.5 Å². The zero-order chi connectivity index (χ0) is 22.1. The van der Waals surface area contributed by atoms with Crippen molar-refractivity contribution in [1.82, 2.24) is 5.32 Å². The van der Waals surface area contributed by atoms with E-state index in [-0.39, 0.29) is 0 Å². The van der Waals surface area contributed by atoms with Gasteiger partial charge in [-0.3, -0.25) is 4.79 Å². The van der Waals surface area contributed by atoms with E-state index < -0.39 is 50.1 Å². The number of carbonyl (C=O) groups excluding carboxylic acids is 1. The minimum Gasteiger partial charge on any atom is -0.348 e. The molecule has 0 bridgehead atoms.